The van der Waals surface area contributed by atoms with Crippen molar-refractivity contribution >= 4 is 35.8 Å². The molecule has 2 heterocycles. The van der Waals surface area contributed by atoms with Crippen LogP contribution in [0.1, 0.15) is 11.3 Å². The average Bonchev–Trinajstić information content (AvgIpc) is 2.79. The lowest BCUT2D eigenvalue weighted by Crippen LogP contribution is -2.47. The Morgan fingerprint density at radius 1 is 1.03 bits per heavy atom. The van der Waals surface area contributed by atoms with Crippen LogP contribution >= 0.6 is 24.8 Å². The van der Waals surface area contributed by atoms with Gasteiger partial charge in [-0.05, 0) is 36.9 Å². The van der Waals surface area contributed by atoms with Crippen LogP contribution in [0.5, 0.6) is 5.75 Å². The summed E-state index contributed by atoms with van der Waals surface area (Å²) in [4.78, 5) is 13.7. The van der Waals surface area contributed by atoms with Crippen molar-refractivity contribution in [3.05, 3.63) is 66.0 Å². The smallest absolute Gasteiger partial charge is 0.119 e. The first-order valence-electron chi connectivity index (χ1n) is 10.9. The molecule has 2 aromatic carbocycles. The number of β-amino-alcohol motifs (C(OH)–C–C–N with tert-alkyl or cyclic N) is 1. The van der Waals surface area contributed by atoms with E-state index in [0.29, 0.717) is 13.2 Å². The van der Waals surface area contributed by atoms with Crippen LogP contribution in [0, 0.1) is 0 Å². The molecule has 1 aliphatic rings. The zero-order chi connectivity index (χ0) is 21.5. The number of aromatic nitrogens is 2. The number of benzene rings is 2. The highest BCUT2D eigenvalue weighted by molar-refractivity contribution is 5.85. The molecule has 7 nitrogen and oxygen atoms in total. The molecule has 0 amide bonds. The number of hydrogen-bond donors (Lipinski definition) is 2. The highest BCUT2D eigenvalue weighted by Gasteiger charge is 2.14. The summed E-state index contributed by atoms with van der Waals surface area (Å²) in [6.45, 7) is 6.42. The van der Waals surface area contributed by atoms with Crippen LogP contribution in [-0.4, -0.2) is 77.4 Å². The van der Waals surface area contributed by atoms with Crippen molar-refractivity contribution in [3.8, 4) is 5.75 Å². The molecule has 2 N–H and O–H groups in total. The summed E-state index contributed by atoms with van der Waals surface area (Å²) >= 11 is 0. The van der Waals surface area contributed by atoms with E-state index in [9.17, 15) is 5.11 Å². The fourth-order valence-corrected chi connectivity index (χ4v) is 3.84. The third-order valence-corrected chi connectivity index (χ3v) is 5.43. The van der Waals surface area contributed by atoms with Crippen LogP contribution in [0.25, 0.3) is 11.0 Å². The van der Waals surface area contributed by atoms with Gasteiger partial charge in [0.2, 0.25) is 0 Å². The van der Waals surface area contributed by atoms with Gasteiger partial charge in [0.15, 0.2) is 0 Å². The van der Waals surface area contributed by atoms with E-state index in [0.717, 1.165) is 61.7 Å². The van der Waals surface area contributed by atoms with Crippen molar-refractivity contribution in [2.75, 3.05) is 46.4 Å². The van der Waals surface area contributed by atoms with Crippen molar-refractivity contribution in [1.29, 1.82) is 0 Å². The molecular weight excluding hydrogens is 461 g/mol. The number of para-hydroxylation sites is 2. The Labute approximate surface area is 208 Å². The molecule has 1 atom stereocenters. The normalized spacial score (nSPS) is 15.0. The Kier molecular flexibility index (Phi) is 11.3. The highest BCUT2D eigenvalue weighted by atomic mass is 35.5. The molecule has 9 heteroatoms. The molecule has 0 spiro atoms. The van der Waals surface area contributed by atoms with E-state index >= 15 is 0 Å². The number of fused-ring (bicyclic) bond motifs is 1. The molecule has 1 saturated heterocycles. The van der Waals surface area contributed by atoms with Crippen molar-refractivity contribution < 1.29 is 9.84 Å². The Hall–Kier alpha value is -2.00. The number of piperazine rings is 1. The Morgan fingerprint density at radius 2 is 1.73 bits per heavy atom. The summed E-state index contributed by atoms with van der Waals surface area (Å²) < 4.78 is 5.78. The van der Waals surface area contributed by atoms with Gasteiger partial charge in [-0.3, -0.25) is 14.8 Å². The predicted octanol–water partition coefficient (Wildman–Crippen LogP) is 2.75. The van der Waals surface area contributed by atoms with Crippen molar-refractivity contribution in [3.63, 3.8) is 0 Å². The van der Waals surface area contributed by atoms with Gasteiger partial charge in [0.05, 0.1) is 22.9 Å². The summed E-state index contributed by atoms with van der Waals surface area (Å²) in [5.41, 5.74) is 4.00. The SMILES string of the molecule is CN(Cc1ccc(OCC(O)CN2CCNCC2)cc1)Cc1cnc2ccccc2n1.Cl.Cl. The minimum absolute atomic E-state index is 0. The lowest BCUT2D eigenvalue weighted by molar-refractivity contribution is 0.0641. The maximum Gasteiger partial charge on any atom is 0.119 e. The molecule has 33 heavy (non-hydrogen) atoms. The van der Waals surface area contributed by atoms with Gasteiger partial charge in [0, 0.05) is 45.8 Å². The highest BCUT2D eigenvalue weighted by Crippen LogP contribution is 2.15. The van der Waals surface area contributed by atoms with Crippen LogP contribution in [0.3, 0.4) is 0 Å². The third kappa shape index (κ3) is 8.37. The second kappa shape index (κ2) is 13.6. The van der Waals surface area contributed by atoms with E-state index < -0.39 is 6.10 Å². The number of nitrogens with zero attached hydrogens (tertiary/aromatic N) is 4. The fourth-order valence-electron chi connectivity index (χ4n) is 3.84. The largest absolute Gasteiger partial charge is 0.491 e. The van der Waals surface area contributed by atoms with E-state index in [1.54, 1.807) is 0 Å². The second-order valence-electron chi connectivity index (χ2n) is 8.18. The molecule has 1 fully saturated rings. The van der Waals surface area contributed by atoms with Crippen LogP contribution < -0.4 is 10.1 Å². The minimum atomic E-state index is -0.480. The number of hydrogen-bond acceptors (Lipinski definition) is 7. The van der Waals surface area contributed by atoms with E-state index in [1.807, 2.05) is 42.6 Å². The van der Waals surface area contributed by atoms with Gasteiger partial charge in [0.25, 0.3) is 0 Å². The van der Waals surface area contributed by atoms with Gasteiger partial charge in [-0.1, -0.05) is 24.3 Å². The first-order valence-corrected chi connectivity index (χ1v) is 10.9. The van der Waals surface area contributed by atoms with E-state index in [2.05, 4.69) is 39.3 Å². The lowest BCUT2D eigenvalue weighted by Gasteiger charge is -2.29. The third-order valence-electron chi connectivity index (χ3n) is 5.43. The maximum absolute atomic E-state index is 10.2. The average molecular weight is 494 g/mol. The van der Waals surface area contributed by atoms with Crippen molar-refractivity contribution in [2.45, 2.75) is 19.2 Å². The van der Waals surface area contributed by atoms with E-state index in [4.69, 9.17) is 9.72 Å². The number of rotatable bonds is 9. The number of aliphatic hydroxyl groups is 1. The molecule has 4 rings (SSSR count). The molecule has 0 aliphatic carbocycles. The second-order valence-corrected chi connectivity index (χ2v) is 8.18. The summed E-state index contributed by atoms with van der Waals surface area (Å²) in [5.74, 6) is 0.783. The molecule has 1 unspecified atom stereocenters. The van der Waals surface area contributed by atoms with E-state index in [1.165, 1.54) is 5.56 Å². The van der Waals surface area contributed by atoms with Crippen LogP contribution in [0.2, 0.25) is 0 Å². The summed E-state index contributed by atoms with van der Waals surface area (Å²) in [7, 11) is 2.08. The molecule has 1 aliphatic heterocycles. The van der Waals surface area contributed by atoms with Crippen LogP contribution in [0.15, 0.2) is 54.7 Å². The number of aliphatic hydroxyl groups excluding tert-OH is 1. The maximum atomic E-state index is 10.2. The topological polar surface area (TPSA) is 73.8 Å². The van der Waals surface area contributed by atoms with Gasteiger partial charge in [-0.2, -0.15) is 0 Å². The summed E-state index contributed by atoms with van der Waals surface area (Å²) in [5, 5.41) is 13.6. The molecular formula is C24H33Cl2N5O2. The summed E-state index contributed by atoms with van der Waals surface area (Å²) in [6, 6.07) is 16.0. The van der Waals surface area contributed by atoms with Gasteiger partial charge in [-0.25, -0.2) is 4.98 Å². The predicted molar refractivity (Wildman–Crippen MR) is 136 cm³/mol. The van der Waals surface area contributed by atoms with Crippen molar-refractivity contribution in [2.24, 2.45) is 0 Å². The Bertz CT molecular complexity index is 970. The molecule has 3 aromatic rings. The Morgan fingerprint density at radius 3 is 2.45 bits per heavy atom. The monoisotopic (exact) mass is 493 g/mol. The lowest BCUT2D eigenvalue weighted by atomic mass is 10.2. The molecule has 0 bridgehead atoms. The molecule has 1 aromatic heterocycles. The molecule has 0 radical (unpaired) electrons. The van der Waals surface area contributed by atoms with Gasteiger partial charge < -0.3 is 15.2 Å². The zero-order valence-electron chi connectivity index (χ0n) is 18.9. The quantitative estimate of drug-likeness (QED) is 0.474. The molecule has 0 saturated carbocycles. The number of halogens is 2. The first kappa shape index (κ1) is 27.2. The summed E-state index contributed by atoms with van der Waals surface area (Å²) in [6.07, 6.45) is 1.37. The van der Waals surface area contributed by atoms with Crippen LogP contribution in [0.4, 0.5) is 0 Å². The first-order chi connectivity index (χ1) is 15.2. The standard InChI is InChI=1S/C24H31N5O2.2ClH/c1-28(16-20-14-26-23-4-2-3-5-24(23)27-20)15-19-6-8-22(9-7-19)31-18-21(30)17-29-12-10-25-11-13-29;;/h2-9,14,21,25,30H,10-13,15-18H2,1H3;2*1H. The van der Waals surface area contributed by atoms with Gasteiger partial charge in [0.1, 0.15) is 18.5 Å². The molecule has 180 valence electrons. The fraction of sp³-hybridized carbons (Fsp3) is 0.417. The number of nitrogens with one attached hydrogen (secondary N) is 1. The zero-order valence-corrected chi connectivity index (χ0v) is 20.5. The number of ether oxygens (including phenoxy) is 1. The van der Waals surface area contributed by atoms with E-state index in [-0.39, 0.29) is 24.8 Å². The van der Waals surface area contributed by atoms with Crippen LogP contribution in [-0.2, 0) is 13.1 Å². The van der Waals surface area contributed by atoms with Gasteiger partial charge >= 0.3 is 0 Å². The van der Waals surface area contributed by atoms with Crippen molar-refractivity contribution in [1.82, 2.24) is 25.1 Å². The minimum Gasteiger partial charge on any atom is -0.491 e. The Balaban J connectivity index is 0.00000193. The van der Waals surface area contributed by atoms with Gasteiger partial charge in [-0.15, -0.1) is 24.8 Å².